The van der Waals surface area contributed by atoms with E-state index >= 15 is 0 Å². The average Bonchev–Trinajstić information content (AvgIpc) is 2.91. The molecule has 2 aliphatic rings. The average molecular weight is 197 g/mol. The Kier molecular flexibility index (Phi) is 2.52. The van der Waals surface area contributed by atoms with Gasteiger partial charge in [-0.2, -0.15) is 0 Å². The standard InChI is InChI=1S/C11H19NO2/c1-8-4-3-7-11(8,10(13)14-2)12-9-5-6-9/h8-9,12H,3-7H2,1-2H3. The van der Waals surface area contributed by atoms with Gasteiger partial charge in [-0.25, -0.2) is 0 Å². The summed E-state index contributed by atoms with van der Waals surface area (Å²) in [7, 11) is 1.49. The highest BCUT2D eigenvalue weighted by atomic mass is 16.5. The topological polar surface area (TPSA) is 38.3 Å². The van der Waals surface area contributed by atoms with Gasteiger partial charge in [0.25, 0.3) is 0 Å². The van der Waals surface area contributed by atoms with Crippen molar-refractivity contribution < 1.29 is 9.53 Å². The highest BCUT2D eigenvalue weighted by molar-refractivity contribution is 5.81. The number of esters is 1. The summed E-state index contributed by atoms with van der Waals surface area (Å²) < 4.78 is 4.94. The third-order valence-electron chi connectivity index (χ3n) is 3.64. The third kappa shape index (κ3) is 1.54. The summed E-state index contributed by atoms with van der Waals surface area (Å²) in [5, 5.41) is 3.49. The first-order chi connectivity index (χ1) is 6.69. The molecular weight excluding hydrogens is 178 g/mol. The van der Waals surface area contributed by atoms with Gasteiger partial charge >= 0.3 is 5.97 Å². The van der Waals surface area contributed by atoms with E-state index in [9.17, 15) is 4.79 Å². The Morgan fingerprint density at radius 3 is 2.57 bits per heavy atom. The fraction of sp³-hybridized carbons (Fsp3) is 0.909. The van der Waals surface area contributed by atoms with Crippen molar-refractivity contribution in [3.63, 3.8) is 0 Å². The molecule has 0 spiro atoms. The molecule has 2 aliphatic carbocycles. The predicted molar refractivity (Wildman–Crippen MR) is 53.9 cm³/mol. The van der Waals surface area contributed by atoms with Crippen molar-refractivity contribution in [2.45, 2.75) is 50.6 Å². The number of ether oxygens (including phenoxy) is 1. The summed E-state index contributed by atoms with van der Waals surface area (Å²) in [5.74, 6) is 0.352. The van der Waals surface area contributed by atoms with Crippen LogP contribution in [0.4, 0.5) is 0 Å². The van der Waals surface area contributed by atoms with Crippen LogP contribution in [0.3, 0.4) is 0 Å². The lowest BCUT2D eigenvalue weighted by atomic mass is 9.88. The fourth-order valence-corrected chi connectivity index (χ4v) is 2.53. The van der Waals surface area contributed by atoms with Crippen molar-refractivity contribution in [3.05, 3.63) is 0 Å². The first-order valence-corrected chi connectivity index (χ1v) is 5.55. The van der Waals surface area contributed by atoms with E-state index < -0.39 is 0 Å². The van der Waals surface area contributed by atoms with Crippen LogP contribution in [0.25, 0.3) is 0 Å². The van der Waals surface area contributed by atoms with Gasteiger partial charge in [-0.3, -0.25) is 10.1 Å². The van der Waals surface area contributed by atoms with E-state index in [0.29, 0.717) is 12.0 Å². The van der Waals surface area contributed by atoms with Crippen molar-refractivity contribution in [2.24, 2.45) is 5.92 Å². The van der Waals surface area contributed by atoms with E-state index in [4.69, 9.17) is 4.74 Å². The maximum absolute atomic E-state index is 11.8. The van der Waals surface area contributed by atoms with E-state index in [1.54, 1.807) is 0 Å². The van der Waals surface area contributed by atoms with E-state index in [2.05, 4.69) is 12.2 Å². The minimum Gasteiger partial charge on any atom is -0.468 e. The summed E-state index contributed by atoms with van der Waals surface area (Å²) in [6.07, 6.45) is 5.64. The molecule has 0 saturated heterocycles. The van der Waals surface area contributed by atoms with E-state index in [1.165, 1.54) is 20.0 Å². The molecular formula is C11H19NO2. The summed E-state index contributed by atoms with van der Waals surface area (Å²) in [4.78, 5) is 11.8. The quantitative estimate of drug-likeness (QED) is 0.696. The Bertz CT molecular complexity index is 237. The molecule has 3 nitrogen and oxygen atoms in total. The van der Waals surface area contributed by atoms with Gasteiger partial charge in [0.1, 0.15) is 5.54 Å². The molecule has 2 unspecified atom stereocenters. The fourth-order valence-electron chi connectivity index (χ4n) is 2.53. The second kappa shape index (κ2) is 3.54. The number of carbonyl (C=O) groups is 1. The minimum atomic E-state index is -0.365. The summed E-state index contributed by atoms with van der Waals surface area (Å²) in [6, 6.07) is 0.564. The van der Waals surface area contributed by atoms with E-state index in [0.717, 1.165) is 19.3 Å². The van der Waals surface area contributed by atoms with Gasteiger partial charge in [0, 0.05) is 6.04 Å². The molecule has 0 aromatic carbocycles. The molecule has 0 amide bonds. The van der Waals surface area contributed by atoms with Gasteiger partial charge in [-0.05, 0) is 31.6 Å². The van der Waals surface area contributed by atoms with Crippen LogP contribution >= 0.6 is 0 Å². The van der Waals surface area contributed by atoms with Crippen molar-refractivity contribution in [1.82, 2.24) is 5.32 Å². The van der Waals surface area contributed by atoms with Gasteiger partial charge in [-0.15, -0.1) is 0 Å². The van der Waals surface area contributed by atoms with Crippen LogP contribution in [0.2, 0.25) is 0 Å². The number of hydrogen-bond donors (Lipinski definition) is 1. The number of methoxy groups -OCH3 is 1. The zero-order valence-electron chi connectivity index (χ0n) is 9.01. The van der Waals surface area contributed by atoms with Crippen LogP contribution in [0.1, 0.15) is 39.0 Å². The molecule has 2 fully saturated rings. The molecule has 80 valence electrons. The lowest BCUT2D eigenvalue weighted by molar-refractivity contribution is -0.150. The molecule has 2 rings (SSSR count). The second-order valence-electron chi connectivity index (χ2n) is 4.67. The van der Waals surface area contributed by atoms with Gasteiger partial charge in [0.2, 0.25) is 0 Å². The molecule has 0 aromatic heterocycles. The van der Waals surface area contributed by atoms with Gasteiger partial charge < -0.3 is 4.74 Å². The zero-order chi connectivity index (χ0) is 10.2. The maximum Gasteiger partial charge on any atom is 0.326 e. The number of carbonyl (C=O) groups excluding carboxylic acids is 1. The third-order valence-corrected chi connectivity index (χ3v) is 3.64. The van der Waals surface area contributed by atoms with Crippen molar-refractivity contribution in [3.8, 4) is 0 Å². The lowest BCUT2D eigenvalue weighted by Crippen LogP contribution is -2.55. The second-order valence-corrected chi connectivity index (χ2v) is 4.67. The Morgan fingerprint density at radius 1 is 1.43 bits per heavy atom. The molecule has 14 heavy (non-hydrogen) atoms. The van der Waals surface area contributed by atoms with Crippen LogP contribution in [-0.4, -0.2) is 24.7 Å². The highest BCUT2D eigenvalue weighted by Crippen LogP contribution is 2.39. The molecule has 0 heterocycles. The van der Waals surface area contributed by atoms with Crippen LogP contribution in [-0.2, 0) is 9.53 Å². The summed E-state index contributed by atoms with van der Waals surface area (Å²) in [6.45, 7) is 2.15. The first kappa shape index (κ1) is 9.97. The Balaban J connectivity index is 2.13. The molecule has 3 heteroatoms. The summed E-state index contributed by atoms with van der Waals surface area (Å²) in [5.41, 5.74) is -0.365. The molecule has 0 bridgehead atoms. The zero-order valence-corrected chi connectivity index (χ0v) is 9.01. The van der Waals surface area contributed by atoms with Crippen LogP contribution < -0.4 is 5.32 Å². The molecule has 2 atom stereocenters. The predicted octanol–water partition coefficient (Wildman–Crippen LogP) is 1.47. The van der Waals surface area contributed by atoms with Crippen LogP contribution in [0, 0.1) is 5.92 Å². The Hall–Kier alpha value is -0.570. The van der Waals surface area contributed by atoms with E-state index in [-0.39, 0.29) is 11.5 Å². The SMILES string of the molecule is COC(=O)C1(NC2CC2)CCCC1C. The number of nitrogens with one attached hydrogen (secondary N) is 1. The normalized spacial score (nSPS) is 37.1. The number of rotatable bonds is 3. The summed E-state index contributed by atoms with van der Waals surface area (Å²) >= 11 is 0. The molecule has 0 radical (unpaired) electrons. The Labute approximate surface area is 85.2 Å². The van der Waals surface area contributed by atoms with Crippen molar-refractivity contribution >= 4 is 5.97 Å². The monoisotopic (exact) mass is 197 g/mol. The van der Waals surface area contributed by atoms with Gasteiger partial charge in [0.15, 0.2) is 0 Å². The lowest BCUT2D eigenvalue weighted by Gasteiger charge is -2.32. The van der Waals surface area contributed by atoms with Gasteiger partial charge in [0.05, 0.1) is 7.11 Å². The maximum atomic E-state index is 11.8. The molecule has 1 N–H and O–H groups in total. The Morgan fingerprint density at radius 2 is 2.14 bits per heavy atom. The number of hydrogen-bond acceptors (Lipinski definition) is 3. The largest absolute Gasteiger partial charge is 0.468 e. The molecule has 0 aromatic rings. The van der Waals surface area contributed by atoms with Crippen molar-refractivity contribution in [1.29, 1.82) is 0 Å². The van der Waals surface area contributed by atoms with Crippen LogP contribution in [0.5, 0.6) is 0 Å². The minimum absolute atomic E-state index is 0.0607. The smallest absolute Gasteiger partial charge is 0.326 e. The van der Waals surface area contributed by atoms with Crippen LogP contribution in [0.15, 0.2) is 0 Å². The van der Waals surface area contributed by atoms with Crippen molar-refractivity contribution in [2.75, 3.05) is 7.11 Å². The molecule has 2 saturated carbocycles. The first-order valence-electron chi connectivity index (χ1n) is 5.55. The van der Waals surface area contributed by atoms with E-state index in [1.807, 2.05) is 0 Å². The van der Waals surface area contributed by atoms with Gasteiger partial charge in [-0.1, -0.05) is 13.3 Å². The highest BCUT2D eigenvalue weighted by Gasteiger charge is 2.50. The molecule has 0 aliphatic heterocycles.